The predicted octanol–water partition coefficient (Wildman–Crippen LogP) is 3.99. The van der Waals surface area contributed by atoms with Gasteiger partial charge in [0, 0.05) is 39.0 Å². The minimum Gasteiger partial charge on any atom is -0.445 e. The summed E-state index contributed by atoms with van der Waals surface area (Å²) in [5, 5.41) is 2.65. The van der Waals surface area contributed by atoms with Gasteiger partial charge in [-0.1, -0.05) is 104 Å². The quantitative estimate of drug-likeness (QED) is 0.170. The fourth-order valence-electron chi connectivity index (χ4n) is 5.13. The molecule has 2 N–H and O–H groups in total. The zero-order valence-electron chi connectivity index (χ0n) is 24.4. The molecule has 9 nitrogen and oxygen atoms in total. The number of carbonyl (C=O) groups excluding carboxylic acids is 2. The Hall–Kier alpha value is -3.64. The van der Waals surface area contributed by atoms with Crippen molar-refractivity contribution < 1.29 is 22.7 Å². The van der Waals surface area contributed by atoms with Crippen molar-refractivity contribution in [3.05, 3.63) is 120 Å². The number of likely N-dealkylation sites (tertiary alicyclic amines) is 1. The molecule has 3 aromatic rings. The summed E-state index contributed by atoms with van der Waals surface area (Å²) >= 11 is 1.71. The van der Waals surface area contributed by atoms with Crippen LogP contribution in [-0.4, -0.2) is 81.3 Å². The van der Waals surface area contributed by atoms with Gasteiger partial charge in [0.05, 0.1) is 4.75 Å². The molecule has 1 saturated heterocycles. The first-order chi connectivity index (χ1) is 20.7. The molecule has 1 fully saturated rings. The summed E-state index contributed by atoms with van der Waals surface area (Å²) in [5.74, 6) is -0.368. The van der Waals surface area contributed by atoms with Crippen LogP contribution in [0.15, 0.2) is 104 Å². The standard InChI is InChI=1S/C32H38N4O5S2/c1-4-22-41-31(38)36-24-28(23-29(36)30(37)33-20-21-34-43(39,40)35(2)3)42-32(25-14-8-5-9-15-25,26-16-10-6-11-17-26)27-18-12-7-13-19-27/h4-19,28-29,34H,1,20-24H2,2-3H3,(H,33,37)/t28-,29-/m0/s1. The van der Waals surface area contributed by atoms with Crippen LogP contribution in [0.4, 0.5) is 4.79 Å². The van der Waals surface area contributed by atoms with Crippen LogP contribution >= 0.6 is 11.8 Å². The molecule has 0 bridgehead atoms. The number of hydrogen-bond donors (Lipinski definition) is 2. The van der Waals surface area contributed by atoms with Crippen LogP contribution in [0.3, 0.4) is 0 Å². The van der Waals surface area contributed by atoms with Gasteiger partial charge in [-0.25, -0.2) is 9.52 Å². The third-order valence-corrected chi connectivity index (χ3v) is 10.5. The summed E-state index contributed by atoms with van der Waals surface area (Å²) < 4.78 is 32.3. The van der Waals surface area contributed by atoms with E-state index in [1.165, 1.54) is 25.1 Å². The van der Waals surface area contributed by atoms with Gasteiger partial charge in [-0.2, -0.15) is 12.7 Å². The zero-order chi connectivity index (χ0) is 30.9. The van der Waals surface area contributed by atoms with Gasteiger partial charge in [-0.15, -0.1) is 11.8 Å². The van der Waals surface area contributed by atoms with Gasteiger partial charge in [0.25, 0.3) is 10.2 Å². The maximum atomic E-state index is 13.4. The Morgan fingerprint density at radius 2 is 1.47 bits per heavy atom. The molecule has 0 aromatic heterocycles. The van der Waals surface area contributed by atoms with E-state index in [1.54, 1.807) is 11.8 Å². The van der Waals surface area contributed by atoms with E-state index in [-0.39, 0.29) is 30.9 Å². The zero-order valence-corrected chi connectivity index (χ0v) is 26.0. The number of carbonyl (C=O) groups is 2. The molecule has 1 aliphatic rings. The van der Waals surface area contributed by atoms with Crippen molar-refractivity contribution in [1.82, 2.24) is 19.2 Å². The fraction of sp³-hybridized carbons (Fsp3) is 0.312. The minimum atomic E-state index is -3.62. The van der Waals surface area contributed by atoms with Crippen molar-refractivity contribution in [1.29, 1.82) is 0 Å². The van der Waals surface area contributed by atoms with Crippen LogP contribution in [0, 0.1) is 0 Å². The maximum absolute atomic E-state index is 13.4. The summed E-state index contributed by atoms with van der Waals surface area (Å²) in [6.45, 7) is 4.01. The Balaban J connectivity index is 1.64. The molecular weight excluding hydrogens is 585 g/mol. The van der Waals surface area contributed by atoms with Gasteiger partial charge >= 0.3 is 6.09 Å². The highest BCUT2D eigenvalue weighted by Crippen LogP contribution is 2.52. The molecule has 4 rings (SSSR count). The number of hydrogen-bond acceptors (Lipinski definition) is 6. The van der Waals surface area contributed by atoms with E-state index >= 15 is 0 Å². The molecule has 1 heterocycles. The van der Waals surface area contributed by atoms with E-state index in [4.69, 9.17) is 4.74 Å². The number of benzene rings is 3. The Kier molecular flexibility index (Phi) is 11.0. The second-order valence-electron chi connectivity index (χ2n) is 10.3. The SMILES string of the molecule is C=CCOC(=O)N1C[C@@H](SC(c2ccccc2)(c2ccccc2)c2ccccc2)C[C@H]1C(=O)NCCNS(=O)(=O)N(C)C. The molecule has 0 radical (unpaired) electrons. The number of ether oxygens (including phenoxy) is 1. The monoisotopic (exact) mass is 622 g/mol. The van der Waals surface area contributed by atoms with Gasteiger partial charge < -0.3 is 10.1 Å². The lowest BCUT2D eigenvalue weighted by Gasteiger charge is -2.37. The van der Waals surface area contributed by atoms with Crippen molar-refractivity contribution >= 4 is 34.0 Å². The van der Waals surface area contributed by atoms with Crippen molar-refractivity contribution in [3.63, 3.8) is 0 Å². The van der Waals surface area contributed by atoms with Gasteiger partial charge in [0.15, 0.2) is 0 Å². The number of thioether (sulfide) groups is 1. The predicted molar refractivity (Wildman–Crippen MR) is 171 cm³/mol. The van der Waals surface area contributed by atoms with Gasteiger partial charge in [-0.3, -0.25) is 9.69 Å². The average molecular weight is 623 g/mol. The van der Waals surface area contributed by atoms with Crippen molar-refractivity contribution in [2.24, 2.45) is 0 Å². The first-order valence-corrected chi connectivity index (χ1v) is 16.3. The molecule has 2 amide bonds. The highest BCUT2D eigenvalue weighted by Gasteiger charge is 2.46. The normalized spacial score (nSPS) is 17.0. The summed E-state index contributed by atoms with van der Waals surface area (Å²) in [5.41, 5.74) is 3.25. The van der Waals surface area contributed by atoms with Crippen molar-refractivity contribution in [2.45, 2.75) is 22.5 Å². The lowest BCUT2D eigenvalue weighted by molar-refractivity contribution is -0.125. The van der Waals surface area contributed by atoms with Crippen molar-refractivity contribution in [2.75, 3.05) is 40.3 Å². The lowest BCUT2D eigenvalue weighted by Crippen LogP contribution is -2.48. The summed E-state index contributed by atoms with van der Waals surface area (Å²) in [7, 11) is -0.781. The van der Waals surface area contributed by atoms with Crippen LogP contribution in [0.1, 0.15) is 23.1 Å². The van der Waals surface area contributed by atoms with Gasteiger partial charge in [0.2, 0.25) is 5.91 Å². The first-order valence-electron chi connectivity index (χ1n) is 14.0. The van der Waals surface area contributed by atoms with Gasteiger partial charge in [-0.05, 0) is 23.1 Å². The van der Waals surface area contributed by atoms with E-state index in [0.717, 1.165) is 21.0 Å². The Labute approximate surface area is 258 Å². The second-order valence-corrected chi connectivity index (χ2v) is 13.7. The molecule has 43 heavy (non-hydrogen) atoms. The van der Waals surface area contributed by atoms with E-state index in [1.807, 2.05) is 54.6 Å². The Morgan fingerprint density at radius 1 is 0.953 bits per heavy atom. The molecule has 0 aliphatic carbocycles. The molecule has 0 saturated carbocycles. The Morgan fingerprint density at radius 3 is 1.93 bits per heavy atom. The molecule has 0 spiro atoms. The van der Waals surface area contributed by atoms with E-state index < -0.39 is 27.1 Å². The fourth-order valence-corrected chi connectivity index (χ4v) is 7.58. The highest BCUT2D eigenvalue weighted by molar-refractivity contribution is 8.01. The first kappa shape index (κ1) is 32.3. The third-order valence-electron chi connectivity index (χ3n) is 7.20. The summed E-state index contributed by atoms with van der Waals surface area (Å²) in [4.78, 5) is 28.0. The van der Waals surface area contributed by atoms with Gasteiger partial charge in [0.1, 0.15) is 12.6 Å². The van der Waals surface area contributed by atoms with E-state index in [2.05, 4.69) is 53.0 Å². The molecule has 3 aromatic carbocycles. The lowest BCUT2D eigenvalue weighted by atomic mass is 9.84. The molecule has 1 aliphatic heterocycles. The van der Waals surface area contributed by atoms with E-state index in [0.29, 0.717) is 13.0 Å². The summed E-state index contributed by atoms with van der Waals surface area (Å²) in [6, 6.07) is 29.9. The van der Waals surface area contributed by atoms with Crippen LogP contribution in [0.2, 0.25) is 0 Å². The molecule has 2 atom stereocenters. The van der Waals surface area contributed by atoms with Crippen LogP contribution in [0.25, 0.3) is 0 Å². The topological polar surface area (TPSA) is 108 Å². The van der Waals surface area contributed by atoms with Crippen LogP contribution in [-0.2, 0) is 24.5 Å². The molecular formula is C32H38N4O5S2. The second kappa shape index (κ2) is 14.7. The van der Waals surface area contributed by atoms with Crippen molar-refractivity contribution in [3.8, 4) is 0 Å². The smallest absolute Gasteiger partial charge is 0.410 e. The maximum Gasteiger partial charge on any atom is 0.410 e. The minimum absolute atomic E-state index is 0.0111. The molecule has 228 valence electrons. The summed E-state index contributed by atoms with van der Waals surface area (Å²) in [6.07, 6.45) is 1.27. The number of nitrogens with one attached hydrogen (secondary N) is 2. The van der Waals surface area contributed by atoms with Crippen LogP contribution < -0.4 is 10.0 Å². The number of rotatable bonds is 13. The Bertz CT molecular complexity index is 1370. The van der Waals surface area contributed by atoms with Crippen LogP contribution in [0.5, 0.6) is 0 Å². The molecule has 0 unspecified atom stereocenters. The molecule has 11 heteroatoms. The largest absolute Gasteiger partial charge is 0.445 e. The van der Waals surface area contributed by atoms with E-state index in [9.17, 15) is 18.0 Å². The average Bonchev–Trinajstić information content (AvgIpc) is 3.46. The number of nitrogens with zero attached hydrogens (tertiary/aromatic N) is 2. The third kappa shape index (κ3) is 7.66. The number of amides is 2. The highest BCUT2D eigenvalue weighted by atomic mass is 32.2.